The van der Waals surface area contributed by atoms with E-state index in [2.05, 4.69) is 20.9 Å². The second-order valence-corrected chi connectivity index (χ2v) is 10.8. The minimum atomic E-state index is -1.15. The highest BCUT2D eigenvalue weighted by Crippen LogP contribution is 2.42. The summed E-state index contributed by atoms with van der Waals surface area (Å²) in [6.45, 7) is 7.28. The number of Topliss-reactive ketones (excluding diaryl/α,β-unsaturated/α-hetero) is 1. The van der Waals surface area contributed by atoms with Gasteiger partial charge in [0.1, 0.15) is 0 Å². The Morgan fingerprint density at radius 1 is 1.11 bits per heavy atom. The Hall–Kier alpha value is -3.52. The molecule has 3 fully saturated rings. The first-order valence-electron chi connectivity index (χ1n) is 13.1. The van der Waals surface area contributed by atoms with Gasteiger partial charge >= 0.3 is 6.03 Å². The van der Waals surface area contributed by atoms with Crippen molar-refractivity contribution in [1.82, 2.24) is 10.6 Å². The number of rotatable bonds is 5. The number of benzene rings is 2. The number of para-hydroxylation sites is 1. The first-order valence-corrected chi connectivity index (χ1v) is 13.1. The lowest BCUT2D eigenvalue weighted by molar-refractivity contribution is -0.130. The predicted molar refractivity (Wildman–Crippen MR) is 145 cm³/mol. The summed E-state index contributed by atoms with van der Waals surface area (Å²) in [7, 11) is 0. The van der Waals surface area contributed by atoms with E-state index in [1.807, 2.05) is 57.2 Å². The number of nitrogens with zero attached hydrogens (tertiary/aromatic N) is 2. The van der Waals surface area contributed by atoms with Crippen molar-refractivity contribution in [2.75, 3.05) is 29.9 Å². The largest absolute Gasteiger partial charge is 0.321 e. The maximum atomic E-state index is 13.9. The number of aryl methyl sites for hydroxylation is 2. The van der Waals surface area contributed by atoms with Gasteiger partial charge in [0.15, 0.2) is 5.78 Å². The number of benzodiazepines with no additional fused rings is 1. The van der Waals surface area contributed by atoms with Gasteiger partial charge in [-0.15, -0.1) is 0 Å². The minimum Gasteiger partial charge on any atom is -0.315 e. The summed E-state index contributed by atoms with van der Waals surface area (Å²) in [5.74, 6) is 0.292. The molecule has 0 radical (unpaired) electrons. The molecule has 3 aliphatic heterocycles. The van der Waals surface area contributed by atoms with Crippen molar-refractivity contribution in [3.05, 3.63) is 59.2 Å². The summed E-state index contributed by atoms with van der Waals surface area (Å²) in [5.41, 5.74) is 4.19. The fourth-order valence-corrected chi connectivity index (χ4v) is 5.97. The number of anilines is 2. The van der Waals surface area contributed by atoms with Crippen LogP contribution in [0.3, 0.4) is 0 Å². The number of aliphatic imine (C=N–C) groups is 1. The van der Waals surface area contributed by atoms with Crippen LogP contribution < -0.4 is 20.9 Å². The van der Waals surface area contributed by atoms with Gasteiger partial charge in [0.25, 0.3) is 5.91 Å². The number of hydrogen-bond acceptors (Lipinski definition) is 5. The van der Waals surface area contributed by atoms with Gasteiger partial charge in [0.2, 0.25) is 6.17 Å². The lowest BCUT2D eigenvalue weighted by atomic mass is 9.69. The van der Waals surface area contributed by atoms with E-state index in [4.69, 9.17) is 0 Å². The summed E-state index contributed by atoms with van der Waals surface area (Å²) in [6.07, 6.45) is 2.62. The highest BCUT2D eigenvalue weighted by Gasteiger charge is 2.45. The topological polar surface area (TPSA) is 103 Å². The molecule has 3 N–H and O–H groups in total. The fraction of sp³-hybridized carbons (Fsp3) is 0.448. The molecular weight excluding hydrogens is 466 g/mol. The Morgan fingerprint density at radius 2 is 1.86 bits per heavy atom. The molecule has 37 heavy (non-hydrogen) atoms. The van der Waals surface area contributed by atoms with Gasteiger partial charge in [0, 0.05) is 28.9 Å². The van der Waals surface area contributed by atoms with Gasteiger partial charge in [-0.3, -0.25) is 14.6 Å². The van der Waals surface area contributed by atoms with Gasteiger partial charge in [-0.25, -0.2) is 4.79 Å². The van der Waals surface area contributed by atoms with Crippen molar-refractivity contribution < 1.29 is 14.4 Å². The van der Waals surface area contributed by atoms with Crippen LogP contribution >= 0.6 is 0 Å². The highest BCUT2D eigenvalue weighted by atomic mass is 16.2. The molecule has 8 nitrogen and oxygen atoms in total. The lowest BCUT2D eigenvalue weighted by Crippen LogP contribution is -2.52. The Morgan fingerprint density at radius 3 is 2.62 bits per heavy atom. The third kappa shape index (κ3) is 5.03. The summed E-state index contributed by atoms with van der Waals surface area (Å²) >= 11 is 0. The summed E-state index contributed by atoms with van der Waals surface area (Å²) in [5, 5.41) is 9.00. The Kier molecular flexibility index (Phi) is 6.86. The quantitative estimate of drug-likeness (QED) is 0.577. The van der Waals surface area contributed by atoms with E-state index in [-0.39, 0.29) is 12.3 Å². The molecule has 6 rings (SSSR count). The van der Waals surface area contributed by atoms with E-state index in [1.54, 1.807) is 11.0 Å². The number of amides is 3. The molecule has 8 heteroatoms. The van der Waals surface area contributed by atoms with Gasteiger partial charge in [-0.1, -0.05) is 30.3 Å². The van der Waals surface area contributed by atoms with Crippen molar-refractivity contribution in [2.24, 2.45) is 16.3 Å². The number of carbonyl (C=O) groups is 3. The minimum absolute atomic E-state index is 0.0382. The van der Waals surface area contributed by atoms with Crippen molar-refractivity contribution >= 4 is 34.8 Å². The van der Waals surface area contributed by atoms with Gasteiger partial charge in [0.05, 0.1) is 12.2 Å². The molecule has 1 saturated carbocycles. The number of fused-ring (bicyclic) bond motifs is 5. The first-order chi connectivity index (χ1) is 17.8. The number of ketones is 1. The molecule has 1 aliphatic carbocycles. The Labute approximate surface area is 217 Å². The molecule has 2 aromatic rings. The first kappa shape index (κ1) is 25.1. The van der Waals surface area contributed by atoms with Gasteiger partial charge in [-0.2, -0.15) is 0 Å². The Balaban J connectivity index is 1.43. The molecule has 0 spiro atoms. The van der Waals surface area contributed by atoms with Crippen LogP contribution in [0.1, 0.15) is 49.3 Å². The zero-order valence-electron chi connectivity index (χ0n) is 21.8. The van der Waals surface area contributed by atoms with Crippen LogP contribution in [0.15, 0.2) is 47.5 Å². The molecule has 0 aromatic heterocycles. The SMILES string of the molecule is CC1=NC(NC(=O)Nc2cccc(C)c2)C(=O)N(CC(=O)C23CCC(CC2)CNC3)c2c(C)cccc21. The highest BCUT2D eigenvalue weighted by molar-refractivity contribution is 6.15. The maximum absolute atomic E-state index is 13.9. The van der Waals surface area contributed by atoms with Crippen molar-refractivity contribution in [1.29, 1.82) is 0 Å². The molecule has 2 saturated heterocycles. The van der Waals surface area contributed by atoms with Crippen molar-refractivity contribution in [2.45, 2.75) is 52.6 Å². The smallest absolute Gasteiger partial charge is 0.315 e. The van der Waals surface area contributed by atoms with Crippen LogP contribution in [0.25, 0.3) is 0 Å². The summed E-state index contributed by atoms with van der Waals surface area (Å²) < 4.78 is 0. The predicted octanol–water partition coefficient (Wildman–Crippen LogP) is 3.96. The molecule has 2 bridgehead atoms. The molecule has 3 heterocycles. The van der Waals surface area contributed by atoms with E-state index in [9.17, 15) is 14.4 Å². The monoisotopic (exact) mass is 501 g/mol. The van der Waals surface area contributed by atoms with E-state index < -0.39 is 23.5 Å². The van der Waals surface area contributed by atoms with E-state index in [1.165, 1.54) is 0 Å². The average Bonchev–Trinajstić information content (AvgIpc) is 3.25. The normalized spacial score (nSPS) is 25.0. The van der Waals surface area contributed by atoms with Crippen LogP contribution in [0, 0.1) is 25.2 Å². The van der Waals surface area contributed by atoms with E-state index >= 15 is 0 Å². The summed E-state index contributed by atoms with van der Waals surface area (Å²) in [6, 6.07) is 12.7. The van der Waals surface area contributed by atoms with Gasteiger partial charge in [-0.05, 0) is 82.2 Å². The molecule has 1 unspecified atom stereocenters. The average molecular weight is 502 g/mol. The molecular formula is C29H35N5O3. The fourth-order valence-electron chi connectivity index (χ4n) is 5.97. The summed E-state index contributed by atoms with van der Waals surface area (Å²) in [4.78, 5) is 46.9. The zero-order valence-corrected chi connectivity index (χ0v) is 21.8. The number of nitrogens with one attached hydrogen (secondary N) is 3. The van der Waals surface area contributed by atoms with Crippen LogP contribution in [0.2, 0.25) is 0 Å². The maximum Gasteiger partial charge on any atom is 0.321 e. The van der Waals surface area contributed by atoms with Gasteiger partial charge < -0.3 is 20.9 Å². The van der Waals surface area contributed by atoms with Crippen LogP contribution in [0.4, 0.5) is 16.2 Å². The number of carbonyl (C=O) groups excluding carboxylic acids is 3. The second kappa shape index (κ2) is 10.1. The van der Waals surface area contributed by atoms with Crippen molar-refractivity contribution in [3.8, 4) is 0 Å². The molecule has 1 atom stereocenters. The number of urea groups is 1. The molecule has 194 valence electrons. The van der Waals surface area contributed by atoms with E-state index in [0.717, 1.165) is 48.9 Å². The third-order valence-electron chi connectivity index (χ3n) is 8.12. The lowest BCUT2D eigenvalue weighted by Gasteiger charge is -2.37. The zero-order chi connectivity index (χ0) is 26.2. The van der Waals surface area contributed by atoms with Crippen LogP contribution in [-0.4, -0.2) is 49.2 Å². The molecule has 3 amide bonds. The standard InChI is InChI=1S/C29H35N5O3/c1-18-6-4-8-22(14-18)32-28(37)33-26-27(36)34(25-19(2)7-5-9-23(25)20(3)31-26)16-24(35)29-12-10-21(11-13-29)15-30-17-29/h4-9,14,21,26,30H,10-13,15-17H2,1-3H3,(H2,32,33,37). The second-order valence-electron chi connectivity index (χ2n) is 10.8. The van der Waals surface area contributed by atoms with E-state index in [0.29, 0.717) is 29.5 Å². The van der Waals surface area contributed by atoms with Crippen molar-refractivity contribution in [3.63, 3.8) is 0 Å². The number of hydrogen-bond donors (Lipinski definition) is 3. The Bertz CT molecular complexity index is 1260. The molecule has 2 aromatic carbocycles. The van der Waals surface area contributed by atoms with Crippen LogP contribution in [0.5, 0.6) is 0 Å². The third-order valence-corrected chi connectivity index (χ3v) is 8.12. The van der Waals surface area contributed by atoms with Crippen LogP contribution in [-0.2, 0) is 9.59 Å². The molecule has 4 aliphatic rings.